The molecule has 2 saturated carbocycles. The van der Waals surface area contributed by atoms with E-state index in [1.165, 1.54) is 0 Å². The average molecular weight is 266 g/mol. The van der Waals surface area contributed by atoms with E-state index in [1.54, 1.807) is 0 Å². The maximum atomic E-state index is 11.9. The van der Waals surface area contributed by atoms with Crippen LogP contribution < -0.4 is 0 Å². The van der Waals surface area contributed by atoms with Crippen molar-refractivity contribution in [1.82, 2.24) is 0 Å². The zero-order chi connectivity index (χ0) is 13.4. The second-order valence-electron chi connectivity index (χ2n) is 7.09. The van der Waals surface area contributed by atoms with Gasteiger partial charge in [0.15, 0.2) is 0 Å². The summed E-state index contributed by atoms with van der Waals surface area (Å²) in [5.74, 6) is 1.12. The minimum Gasteiger partial charge on any atom is -0.462 e. The van der Waals surface area contributed by atoms with Crippen molar-refractivity contribution in [3.63, 3.8) is 0 Å². The van der Waals surface area contributed by atoms with Crippen LogP contribution in [0.25, 0.3) is 0 Å². The summed E-state index contributed by atoms with van der Waals surface area (Å²) in [6, 6.07) is 0. The summed E-state index contributed by atoms with van der Waals surface area (Å²) in [6.45, 7) is 4.92. The van der Waals surface area contributed by atoms with Gasteiger partial charge in [-0.05, 0) is 31.1 Å². The molecule has 0 unspecified atom stereocenters. The molecule has 0 amide bonds. The maximum absolute atomic E-state index is 11.9. The molecule has 2 heterocycles. The Hall–Kier alpha value is -0.610. The SMILES string of the molecule is C[C@H]1[C@@H]2[C@H]3OC(=O)[C@@H](C)[C@@H]3CC[C@]3(CO3)[C@@H]2C[C@@H]1O. The van der Waals surface area contributed by atoms with Gasteiger partial charge in [0.25, 0.3) is 0 Å². The highest BCUT2D eigenvalue weighted by molar-refractivity contribution is 5.75. The second kappa shape index (κ2) is 3.73. The van der Waals surface area contributed by atoms with E-state index in [0.29, 0.717) is 11.8 Å². The average Bonchev–Trinajstić information content (AvgIpc) is 3.06. The highest BCUT2D eigenvalue weighted by Crippen LogP contribution is 2.59. The molecular formula is C15H22O4. The summed E-state index contributed by atoms with van der Waals surface area (Å²) < 4.78 is 11.5. The molecule has 1 spiro atoms. The Labute approximate surface area is 113 Å². The fraction of sp³-hybridized carbons (Fsp3) is 0.933. The monoisotopic (exact) mass is 266 g/mol. The first-order chi connectivity index (χ1) is 9.03. The van der Waals surface area contributed by atoms with Crippen molar-refractivity contribution in [2.24, 2.45) is 29.6 Å². The minimum absolute atomic E-state index is 0.00299. The number of epoxide rings is 1. The van der Waals surface area contributed by atoms with Crippen LogP contribution in [-0.2, 0) is 14.3 Å². The normalized spacial score (nSPS) is 59.5. The lowest BCUT2D eigenvalue weighted by molar-refractivity contribution is -0.147. The van der Waals surface area contributed by atoms with Gasteiger partial charge >= 0.3 is 5.97 Å². The molecule has 0 aromatic carbocycles. The summed E-state index contributed by atoms with van der Waals surface area (Å²) in [6.07, 6.45) is 2.58. The van der Waals surface area contributed by atoms with Crippen molar-refractivity contribution in [3.8, 4) is 0 Å². The summed E-state index contributed by atoms with van der Waals surface area (Å²) in [4.78, 5) is 11.9. The van der Waals surface area contributed by atoms with E-state index in [1.807, 2.05) is 6.92 Å². The number of aliphatic hydroxyl groups excluding tert-OH is 1. The quantitative estimate of drug-likeness (QED) is 0.531. The van der Waals surface area contributed by atoms with Crippen LogP contribution in [0.4, 0.5) is 0 Å². The Morgan fingerprint density at radius 1 is 1.37 bits per heavy atom. The fourth-order valence-electron chi connectivity index (χ4n) is 4.96. The Kier molecular flexibility index (Phi) is 2.39. The number of rotatable bonds is 0. The van der Waals surface area contributed by atoms with Gasteiger partial charge in [0.05, 0.1) is 24.2 Å². The summed E-state index contributed by atoms with van der Waals surface area (Å²) in [5, 5.41) is 10.2. The molecule has 19 heavy (non-hydrogen) atoms. The van der Waals surface area contributed by atoms with E-state index >= 15 is 0 Å². The van der Waals surface area contributed by atoms with E-state index in [-0.39, 0.29) is 41.5 Å². The molecule has 2 aliphatic carbocycles. The first-order valence-electron chi connectivity index (χ1n) is 7.56. The second-order valence-corrected chi connectivity index (χ2v) is 7.09. The Morgan fingerprint density at radius 3 is 2.79 bits per heavy atom. The van der Waals surface area contributed by atoms with Crippen molar-refractivity contribution in [3.05, 3.63) is 0 Å². The van der Waals surface area contributed by atoms with Gasteiger partial charge in [-0.15, -0.1) is 0 Å². The smallest absolute Gasteiger partial charge is 0.309 e. The van der Waals surface area contributed by atoms with Crippen molar-refractivity contribution >= 4 is 5.97 Å². The molecule has 4 aliphatic rings. The Balaban J connectivity index is 1.73. The van der Waals surface area contributed by atoms with E-state index in [9.17, 15) is 9.90 Å². The summed E-state index contributed by atoms with van der Waals surface area (Å²) in [5.41, 5.74) is -0.00707. The number of aliphatic hydroxyl groups is 1. The van der Waals surface area contributed by atoms with Crippen molar-refractivity contribution in [1.29, 1.82) is 0 Å². The third-order valence-corrected chi connectivity index (χ3v) is 6.33. The van der Waals surface area contributed by atoms with Crippen LogP contribution in [0, 0.1) is 29.6 Å². The lowest BCUT2D eigenvalue weighted by atomic mass is 9.77. The number of carbonyl (C=O) groups excluding carboxylic acids is 1. The zero-order valence-corrected chi connectivity index (χ0v) is 11.5. The number of hydrogen-bond acceptors (Lipinski definition) is 4. The van der Waals surface area contributed by atoms with Crippen LogP contribution in [0.3, 0.4) is 0 Å². The van der Waals surface area contributed by atoms with Crippen LogP contribution >= 0.6 is 0 Å². The van der Waals surface area contributed by atoms with Crippen LogP contribution in [0.15, 0.2) is 0 Å². The zero-order valence-electron chi connectivity index (χ0n) is 11.5. The van der Waals surface area contributed by atoms with E-state index in [0.717, 1.165) is 25.9 Å². The number of fused-ring (bicyclic) bond motifs is 4. The molecule has 106 valence electrons. The standard InChI is InChI=1S/C15H22O4/c1-7-9-3-4-15(6-18-15)10-5-11(16)8(2)12(10)13(9)19-14(7)17/h7-13,16H,3-6H2,1-2H3/t7-,8+,9-,10+,11-,12-,13-,15-/m0/s1. The van der Waals surface area contributed by atoms with Gasteiger partial charge in [-0.3, -0.25) is 4.79 Å². The number of hydrogen-bond donors (Lipinski definition) is 1. The van der Waals surface area contributed by atoms with Gasteiger partial charge in [0.2, 0.25) is 0 Å². The molecule has 1 N–H and O–H groups in total. The molecule has 2 aliphatic heterocycles. The number of carbonyl (C=O) groups is 1. The summed E-state index contributed by atoms with van der Waals surface area (Å²) >= 11 is 0. The highest BCUT2D eigenvalue weighted by Gasteiger charge is 2.65. The molecule has 0 radical (unpaired) electrons. The van der Waals surface area contributed by atoms with Crippen molar-refractivity contribution < 1.29 is 19.4 Å². The molecule has 8 atom stereocenters. The van der Waals surface area contributed by atoms with Gasteiger partial charge in [0.1, 0.15) is 6.10 Å². The van der Waals surface area contributed by atoms with E-state index < -0.39 is 0 Å². The van der Waals surface area contributed by atoms with Crippen LogP contribution in [0.5, 0.6) is 0 Å². The van der Waals surface area contributed by atoms with Crippen molar-refractivity contribution in [2.75, 3.05) is 6.61 Å². The molecule has 0 aromatic heterocycles. The van der Waals surface area contributed by atoms with E-state index in [4.69, 9.17) is 9.47 Å². The molecule has 0 aromatic rings. The molecule has 4 fully saturated rings. The Morgan fingerprint density at radius 2 is 2.11 bits per heavy atom. The molecule has 0 bridgehead atoms. The number of ether oxygens (including phenoxy) is 2. The molecule has 4 heteroatoms. The fourth-order valence-corrected chi connectivity index (χ4v) is 4.96. The van der Waals surface area contributed by atoms with Gasteiger partial charge in [0, 0.05) is 11.8 Å². The largest absolute Gasteiger partial charge is 0.462 e. The van der Waals surface area contributed by atoms with Gasteiger partial charge in [-0.25, -0.2) is 0 Å². The molecule has 4 nitrogen and oxygen atoms in total. The van der Waals surface area contributed by atoms with Crippen LogP contribution in [0.1, 0.15) is 33.1 Å². The molecular weight excluding hydrogens is 244 g/mol. The molecule has 2 saturated heterocycles. The lowest BCUT2D eigenvalue weighted by Gasteiger charge is -2.30. The van der Waals surface area contributed by atoms with Crippen LogP contribution in [-0.4, -0.2) is 35.5 Å². The first-order valence-corrected chi connectivity index (χ1v) is 7.56. The first kappa shape index (κ1) is 12.2. The maximum Gasteiger partial charge on any atom is 0.309 e. The summed E-state index contributed by atoms with van der Waals surface area (Å²) in [7, 11) is 0. The third kappa shape index (κ3) is 1.50. The Bertz CT molecular complexity index is 416. The van der Waals surface area contributed by atoms with Gasteiger partial charge in [-0.2, -0.15) is 0 Å². The minimum atomic E-state index is -0.274. The van der Waals surface area contributed by atoms with Gasteiger partial charge < -0.3 is 14.6 Å². The predicted molar refractivity (Wildman–Crippen MR) is 67.2 cm³/mol. The molecule has 4 rings (SSSR count). The van der Waals surface area contributed by atoms with Gasteiger partial charge in [-0.1, -0.05) is 13.8 Å². The topological polar surface area (TPSA) is 59.1 Å². The lowest BCUT2D eigenvalue weighted by Crippen LogP contribution is -2.36. The predicted octanol–water partition coefficient (Wildman–Crippen LogP) is 1.36. The van der Waals surface area contributed by atoms with E-state index in [2.05, 4.69) is 6.92 Å². The highest BCUT2D eigenvalue weighted by atomic mass is 16.6. The van der Waals surface area contributed by atoms with Crippen molar-refractivity contribution in [2.45, 2.75) is 50.9 Å². The van der Waals surface area contributed by atoms with Crippen LogP contribution in [0.2, 0.25) is 0 Å². The third-order valence-electron chi connectivity index (χ3n) is 6.33. The number of esters is 1.